The Labute approximate surface area is 180 Å². The van der Waals surface area contributed by atoms with Crippen LogP contribution in [0.3, 0.4) is 0 Å². The van der Waals surface area contributed by atoms with Gasteiger partial charge in [-0.1, -0.05) is 95.1 Å². The van der Waals surface area contributed by atoms with Crippen LogP contribution in [0.5, 0.6) is 0 Å². The first-order chi connectivity index (χ1) is 14.0. The van der Waals surface area contributed by atoms with Crippen molar-refractivity contribution in [1.29, 1.82) is 0 Å². The second-order valence-electron chi connectivity index (χ2n) is 8.29. The Bertz CT molecular complexity index is 501. The lowest BCUT2D eigenvalue weighted by atomic mass is 9.86. The molecule has 0 aliphatic carbocycles. The monoisotopic (exact) mass is 403 g/mol. The minimum absolute atomic E-state index is 0.00123. The Balaban J connectivity index is 3.69. The molecule has 3 nitrogen and oxygen atoms in total. The molecule has 29 heavy (non-hydrogen) atoms. The number of hydrogen-bond donors (Lipinski definition) is 2. The zero-order valence-electron chi connectivity index (χ0n) is 19.2. The molecule has 0 bridgehead atoms. The van der Waals surface area contributed by atoms with Crippen LogP contribution < -0.4 is 5.32 Å². The van der Waals surface area contributed by atoms with Crippen molar-refractivity contribution in [3.05, 3.63) is 48.6 Å². The molecule has 0 aromatic rings. The summed E-state index contributed by atoms with van der Waals surface area (Å²) in [5.74, 6) is 0.0181. The van der Waals surface area contributed by atoms with Crippen LogP contribution >= 0.6 is 0 Å². The average molecular weight is 404 g/mol. The first-order valence-electron chi connectivity index (χ1n) is 11.5. The Morgan fingerprint density at radius 3 is 2.10 bits per heavy atom. The summed E-state index contributed by atoms with van der Waals surface area (Å²) in [7, 11) is 0. The predicted octanol–water partition coefficient (Wildman–Crippen LogP) is 6.66. The summed E-state index contributed by atoms with van der Waals surface area (Å²) >= 11 is 0. The maximum atomic E-state index is 11.3. The number of hydrogen-bond acceptors (Lipinski definition) is 2. The SMILES string of the molecule is CCCCCCC(C)(C)/C=C\C/C=C\C/C=C\C/C=C\CCCC(=O)NCCO. The number of allylic oxidation sites excluding steroid dienone is 8. The maximum Gasteiger partial charge on any atom is 0.220 e. The number of aliphatic hydroxyl groups is 1. The summed E-state index contributed by atoms with van der Waals surface area (Å²) in [6.07, 6.45) is 29.7. The van der Waals surface area contributed by atoms with E-state index in [2.05, 4.69) is 74.7 Å². The van der Waals surface area contributed by atoms with Gasteiger partial charge >= 0.3 is 0 Å². The molecule has 166 valence electrons. The largest absolute Gasteiger partial charge is 0.395 e. The molecular formula is C26H45NO2. The third kappa shape index (κ3) is 20.9. The molecule has 3 heteroatoms. The normalized spacial score (nSPS) is 12.8. The minimum Gasteiger partial charge on any atom is -0.395 e. The highest BCUT2D eigenvalue weighted by Crippen LogP contribution is 2.25. The summed E-state index contributed by atoms with van der Waals surface area (Å²) in [6.45, 7) is 7.28. The fourth-order valence-electron chi connectivity index (χ4n) is 2.98. The number of carbonyl (C=O) groups excluding carboxylic acids is 1. The second-order valence-corrected chi connectivity index (χ2v) is 8.29. The van der Waals surface area contributed by atoms with Crippen LogP contribution in [0, 0.1) is 5.41 Å². The lowest BCUT2D eigenvalue weighted by molar-refractivity contribution is -0.121. The van der Waals surface area contributed by atoms with Crippen LogP contribution in [0.25, 0.3) is 0 Å². The van der Waals surface area contributed by atoms with Gasteiger partial charge in [0.2, 0.25) is 5.91 Å². The number of nitrogens with one attached hydrogen (secondary N) is 1. The molecule has 0 radical (unpaired) electrons. The lowest BCUT2D eigenvalue weighted by Crippen LogP contribution is -2.25. The highest BCUT2D eigenvalue weighted by atomic mass is 16.3. The Kier molecular flexibility index (Phi) is 18.6. The van der Waals surface area contributed by atoms with Crippen molar-refractivity contribution >= 4 is 5.91 Å². The Morgan fingerprint density at radius 1 is 0.862 bits per heavy atom. The third-order valence-electron chi connectivity index (χ3n) is 4.77. The molecule has 2 N–H and O–H groups in total. The van der Waals surface area contributed by atoms with E-state index in [1.165, 1.54) is 32.1 Å². The van der Waals surface area contributed by atoms with Crippen LogP contribution in [-0.2, 0) is 4.79 Å². The van der Waals surface area contributed by atoms with E-state index >= 15 is 0 Å². The number of unbranched alkanes of at least 4 members (excludes halogenated alkanes) is 4. The molecule has 1 amide bonds. The molecule has 0 aromatic carbocycles. The first-order valence-corrected chi connectivity index (χ1v) is 11.5. The van der Waals surface area contributed by atoms with Gasteiger partial charge in [0.05, 0.1) is 6.61 Å². The van der Waals surface area contributed by atoms with Crippen LogP contribution in [-0.4, -0.2) is 24.2 Å². The molecule has 0 spiro atoms. The van der Waals surface area contributed by atoms with Crippen molar-refractivity contribution in [2.45, 2.75) is 91.4 Å². The fraction of sp³-hybridized carbons (Fsp3) is 0.654. The highest BCUT2D eigenvalue weighted by molar-refractivity contribution is 5.75. The van der Waals surface area contributed by atoms with Crippen molar-refractivity contribution < 1.29 is 9.90 Å². The van der Waals surface area contributed by atoms with E-state index in [1.807, 2.05) is 0 Å². The van der Waals surface area contributed by atoms with Crippen LogP contribution in [0.15, 0.2) is 48.6 Å². The van der Waals surface area contributed by atoms with Gasteiger partial charge in [0.1, 0.15) is 0 Å². The Morgan fingerprint density at radius 2 is 1.48 bits per heavy atom. The van der Waals surface area contributed by atoms with Gasteiger partial charge in [0.25, 0.3) is 0 Å². The minimum atomic E-state index is 0.00123. The molecule has 0 aliphatic rings. The number of rotatable bonds is 18. The van der Waals surface area contributed by atoms with E-state index in [0.29, 0.717) is 18.4 Å². The van der Waals surface area contributed by atoms with Gasteiger partial charge in [-0.25, -0.2) is 0 Å². The van der Waals surface area contributed by atoms with E-state index < -0.39 is 0 Å². The van der Waals surface area contributed by atoms with Gasteiger partial charge in [-0.2, -0.15) is 0 Å². The summed E-state index contributed by atoms with van der Waals surface area (Å²) in [6, 6.07) is 0. The lowest BCUT2D eigenvalue weighted by Gasteiger charge is -2.19. The standard InChI is InChI=1S/C26H45NO2/c1-4-5-6-18-21-26(2,3)22-19-16-14-12-10-8-7-9-11-13-15-17-20-25(29)27-23-24-28/h7-8,11-14,19,22,28H,4-6,9-10,15-18,20-21,23-24H2,1-3H3,(H,27,29)/b8-7-,13-11-,14-12-,22-19-. The highest BCUT2D eigenvalue weighted by Gasteiger charge is 2.12. The summed E-state index contributed by atoms with van der Waals surface area (Å²) in [5.41, 5.74) is 0.317. The van der Waals surface area contributed by atoms with Gasteiger partial charge in [-0.05, 0) is 43.9 Å². The van der Waals surface area contributed by atoms with E-state index in [9.17, 15) is 4.79 Å². The van der Waals surface area contributed by atoms with Crippen molar-refractivity contribution in [3.63, 3.8) is 0 Å². The predicted molar refractivity (Wildman–Crippen MR) is 127 cm³/mol. The zero-order chi connectivity index (χ0) is 21.6. The van der Waals surface area contributed by atoms with Crippen LogP contribution in [0.2, 0.25) is 0 Å². The quantitative estimate of drug-likeness (QED) is 0.199. The Hall–Kier alpha value is -1.61. The summed E-state index contributed by atoms with van der Waals surface area (Å²) < 4.78 is 0. The molecule has 0 saturated heterocycles. The molecule has 0 aliphatic heterocycles. The number of amides is 1. The molecule has 0 fully saturated rings. The van der Waals surface area contributed by atoms with Gasteiger partial charge in [-0.15, -0.1) is 0 Å². The van der Waals surface area contributed by atoms with E-state index in [0.717, 1.165) is 32.1 Å². The summed E-state index contributed by atoms with van der Waals surface area (Å²) in [4.78, 5) is 11.3. The van der Waals surface area contributed by atoms with Crippen molar-refractivity contribution in [3.8, 4) is 0 Å². The molecular weight excluding hydrogens is 358 g/mol. The molecule has 0 saturated carbocycles. The summed E-state index contributed by atoms with van der Waals surface area (Å²) in [5, 5.41) is 11.3. The topological polar surface area (TPSA) is 49.3 Å². The van der Waals surface area contributed by atoms with Crippen LogP contribution in [0.4, 0.5) is 0 Å². The molecule has 0 heterocycles. The number of aliphatic hydroxyl groups excluding tert-OH is 1. The van der Waals surface area contributed by atoms with Gasteiger partial charge in [0, 0.05) is 13.0 Å². The smallest absolute Gasteiger partial charge is 0.220 e. The van der Waals surface area contributed by atoms with Gasteiger partial charge in [0.15, 0.2) is 0 Å². The van der Waals surface area contributed by atoms with Crippen LogP contribution in [0.1, 0.15) is 91.4 Å². The average Bonchev–Trinajstić information content (AvgIpc) is 2.69. The van der Waals surface area contributed by atoms with E-state index in [1.54, 1.807) is 0 Å². The molecule has 0 aromatic heterocycles. The molecule has 0 unspecified atom stereocenters. The van der Waals surface area contributed by atoms with Gasteiger partial charge < -0.3 is 10.4 Å². The van der Waals surface area contributed by atoms with Crippen molar-refractivity contribution in [2.75, 3.05) is 13.2 Å². The zero-order valence-corrected chi connectivity index (χ0v) is 19.2. The molecule has 0 rings (SSSR count). The molecule has 0 atom stereocenters. The maximum absolute atomic E-state index is 11.3. The van der Waals surface area contributed by atoms with Crippen molar-refractivity contribution in [1.82, 2.24) is 5.32 Å². The number of carbonyl (C=O) groups is 1. The fourth-order valence-corrected chi connectivity index (χ4v) is 2.98. The van der Waals surface area contributed by atoms with E-state index in [4.69, 9.17) is 5.11 Å². The van der Waals surface area contributed by atoms with Gasteiger partial charge in [-0.3, -0.25) is 4.79 Å². The van der Waals surface area contributed by atoms with Crippen molar-refractivity contribution in [2.24, 2.45) is 5.41 Å². The van der Waals surface area contributed by atoms with E-state index in [-0.39, 0.29) is 12.5 Å². The third-order valence-corrected chi connectivity index (χ3v) is 4.77. The first kappa shape index (κ1) is 27.4. The second kappa shape index (κ2) is 19.7.